The van der Waals surface area contributed by atoms with Gasteiger partial charge in [-0.3, -0.25) is 9.59 Å². The van der Waals surface area contributed by atoms with Crippen LogP contribution in [0, 0.1) is 0 Å². The molecule has 0 saturated heterocycles. The minimum Gasteiger partial charge on any atom is -0.482 e. The van der Waals surface area contributed by atoms with Crippen molar-refractivity contribution in [3.63, 3.8) is 0 Å². The first kappa shape index (κ1) is 43.8. The Labute approximate surface area is 257 Å². The molecule has 238 valence electrons. The van der Waals surface area contributed by atoms with E-state index in [2.05, 4.69) is 21.8 Å². The van der Waals surface area contributed by atoms with E-state index in [0.717, 1.165) is 6.29 Å². The Morgan fingerprint density at radius 1 is 0.698 bits per heavy atom. The zero-order chi connectivity index (χ0) is 33.3. The van der Waals surface area contributed by atoms with E-state index in [1.807, 2.05) is 27.3 Å². The predicted octanol–water partition coefficient (Wildman–Crippen LogP) is 2.64. The summed E-state index contributed by atoms with van der Waals surface area (Å²) >= 11 is 0. The molecular formula is C29H42BO12P. The fourth-order valence-electron chi connectivity index (χ4n) is 2.24. The van der Waals surface area contributed by atoms with Gasteiger partial charge in [-0.25, -0.2) is 9.59 Å². The smallest absolute Gasteiger partial charge is 0.343 e. The van der Waals surface area contributed by atoms with Crippen molar-refractivity contribution < 1.29 is 57.1 Å². The van der Waals surface area contributed by atoms with Crippen LogP contribution in [0.15, 0.2) is 54.6 Å². The van der Waals surface area contributed by atoms with Gasteiger partial charge < -0.3 is 38.0 Å². The second kappa shape index (κ2) is 32.9. The fraction of sp³-hybridized carbons (Fsp3) is 0.414. The molecule has 43 heavy (non-hydrogen) atoms. The monoisotopic (exact) mass is 624 g/mol. The molecule has 14 heteroatoms. The highest BCUT2D eigenvalue weighted by atomic mass is 31.0. The van der Waals surface area contributed by atoms with Crippen LogP contribution in [0.1, 0.15) is 29.8 Å². The summed E-state index contributed by atoms with van der Waals surface area (Å²) in [5.41, 5.74) is 1.21. The van der Waals surface area contributed by atoms with E-state index in [1.54, 1.807) is 43.5 Å². The summed E-state index contributed by atoms with van der Waals surface area (Å²) in [6, 6.07) is 15.7. The van der Waals surface area contributed by atoms with E-state index in [9.17, 15) is 19.2 Å². The highest BCUT2D eigenvalue weighted by molar-refractivity contribution is 7.49. The molecule has 0 aliphatic heterocycles. The molecule has 0 heterocycles. The van der Waals surface area contributed by atoms with Crippen LogP contribution in [0.3, 0.4) is 0 Å². The van der Waals surface area contributed by atoms with Crippen molar-refractivity contribution in [1.82, 2.24) is 0 Å². The molecule has 0 amide bonds. The molecule has 2 radical (unpaired) electrons. The number of esters is 3. The zero-order valence-corrected chi connectivity index (χ0v) is 26.7. The first-order valence-electron chi connectivity index (χ1n) is 12.6. The van der Waals surface area contributed by atoms with Crippen molar-refractivity contribution in [3.05, 3.63) is 65.7 Å². The van der Waals surface area contributed by atoms with Gasteiger partial charge in [-0.05, 0) is 31.2 Å². The third-order valence-electron chi connectivity index (χ3n) is 4.28. The highest BCUT2D eigenvalue weighted by Gasteiger charge is 2.09. The van der Waals surface area contributed by atoms with Crippen LogP contribution in [0.25, 0.3) is 0 Å². The van der Waals surface area contributed by atoms with Gasteiger partial charge in [-0.15, -0.1) is 0 Å². The minimum atomic E-state index is -0.450. The molecule has 0 aliphatic rings. The summed E-state index contributed by atoms with van der Waals surface area (Å²) in [4.78, 5) is 52.0. The second-order valence-corrected chi connectivity index (χ2v) is 7.25. The Morgan fingerprint density at radius 3 is 1.60 bits per heavy atom. The number of methoxy groups -OCH3 is 4. The molecule has 0 fully saturated rings. The van der Waals surface area contributed by atoms with Crippen LogP contribution in [-0.2, 0) is 47.6 Å². The lowest BCUT2D eigenvalue weighted by molar-refractivity contribution is -0.146. The molecule has 2 aromatic carbocycles. The van der Waals surface area contributed by atoms with Crippen molar-refractivity contribution in [2.75, 3.05) is 68.1 Å². The summed E-state index contributed by atoms with van der Waals surface area (Å²) in [5.74, 6) is -0.610. The number of carbonyl (C=O) groups excluding carboxylic acids is 5. The lowest BCUT2D eigenvalue weighted by atomic mass is 10.0. The molecule has 12 nitrogen and oxygen atoms in total. The van der Waals surface area contributed by atoms with E-state index in [4.69, 9.17) is 23.7 Å². The third-order valence-corrected chi connectivity index (χ3v) is 4.28. The molecule has 2 rings (SSSR count). The third kappa shape index (κ3) is 28.3. The number of ether oxygens (including phenoxy) is 7. The lowest BCUT2D eigenvalue weighted by Crippen LogP contribution is -2.14. The van der Waals surface area contributed by atoms with Gasteiger partial charge in [0.1, 0.15) is 18.6 Å². The summed E-state index contributed by atoms with van der Waals surface area (Å²) in [6.45, 7) is 4.58. The first-order valence-corrected chi connectivity index (χ1v) is 13.3. The molecule has 0 bridgehead atoms. The molecule has 2 aromatic rings. The number of ketones is 1. The first-order chi connectivity index (χ1) is 20.7. The van der Waals surface area contributed by atoms with Crippen LogP contribution < -0.4 is 4.74 Å². The molecule has 0 N–H and O–H groups in total. The summed E-state index contributed by atoms with van der Waals surface area (Å²) in [6.07, 6.45) is 0.750. The van der Waals surface area contributed by atoms with Crippen LogP contribution >= 0.6 is 9.12 Å². The predicted molar refractivity (Wildman–Crippen MR) is 164 cm³/mol. The van der Waals surface area contributed by atoms with E-state index in [1.165, 1.54) is 35.2 Å². The largest absolute Gasteiger partial charge is 0.482 e. The highest BCUT2D eigenvalue weighted by Crippen LogP contribution is 2.15. The molecular weight excluding hydrogens is 582 g/mol. The topological polar surface area (TPSA) is 150 Å². The van der Waals surface area contributed by atoms with Crippen molar-refractivity contribution in [1.29, 1.82) is 0 Å². The molecule has 1 atom stereocenters. The lowest BCUT2D eigenvalue weighted by Gasteiger charge is -2.06. The zero-order valence-electron chi connectivity index (χ0n) is 25.6. The summed E-state index contributed by atoms with van der Waals surface area (Å²) in [7, 11) is 11.9. The average molecular weight is 624 g/mol. The van der Waals surface area contributed by atoms with Crippen molar-refractivity contribution in [2.45, 2.75) is 13.8 Å². The van der Waals surface area contributed by atoms with Crippen LogP contribution in [0.4, 0.5) is 0 Å². The molecule has 1 unspecified atom stereocenters. The maximum atomic E-state index is 12.2. The van der Waals surface area contributed by atoms with Crippen molar-refractivity contribution in [2.24, 2.45) is 0 Å². The molecule has 0 aromatic heterocycles. The average Bonchev–Trinajstić information content (AvgIpc) is 3.05. The van der Waals surface area contributed by atoms with Gasteiger partial charge in [0.15, 0.2) is 12.4 Å². The number of benzene rings is 2. The summed E-state index contributed by atoms with van der Waals surface area (Å²) < 4.78 is 32.9. The molecule has 0 saturated carbocycles. The number of hydrogen-bond donors (Lipinski definition) is 0. The van der Waals surface area contributed by atoms with Crippen LogP contribution in [-0.4, -0.2) is 106 Å². The van der Waals surface area contributed by atoms with Gasteiger partial charge in [0.25, 0.3) is 0 Å². The van der Waals surface area contributed by atoms with Gasteiger partial charge >= 0.3 is 17.9 Å². The number of rotatable bonds is 13. The Kier molecular flexibility index (Phi) is 33.5. The van der Waals surface area contributed by atoms with Gasteiger partial charge in [0.05, 0.1) is 55.3 Å². The normalized spacial score (nSPS) is 8.81. The fourth-order valence-corrected chi connectivity index (χ4v) is 2.24. The van der Waals surface area contributed by atoms with Gasteiger partial charge in [-0.2, -0.15) is 9.12 Å². The summed E-state index contributed by atoms with van der Waals surface area (Å²) in [5, 5.41) is 0. The standard InChI is InChI=1S/C16H14O4.C8H16O5.C3H6O2.C2H4O.BH2P/c1-19-15(17)11-20-14-9-7-13(8-10-14)16(18)12-5-3-2-4-6-12;1-10-3-4-12-5-6-13-7-8(9)11-2;1-3(4)5-2;1-2-3;1-2/h2-10H,11H2,1H3;3-7H2,1-2H3;1-2H3;2H,1H3;2H2. The van der Waals surface area contributed by atoms with Gasteiger partial charge in [0, 0.05) is 25.2 Å². The Bertz CT molecular complexity index is 989. The maximum absolute atomic E-state index is 12.2. The molecule has 0 spiro atoms. The Hall–Kier alpha value is -3.64. The van der Waals surface area contributed by atoms with E-state index in [-0.39, 0.29) is 30.9 Å². The number of hydrogen-bond acceptors (Lipinski definition) is 12. The van der Waals surface area contributed by atoms with E-state index < -0.39 is 5.97 Å². The molecule has 0 aliphatic carbocycles. The Morgan fingerprint density at radius 2 is 1.14 bits per heavy atom. The number of carbonyl (C=O) groups is 5. The van der Waals surface area contributed by atoms with Crippen LogP contribution in [0.2, 0.25) is 0 Å². The maximum Gasteiger partial charge on any atom is 0.343 e. The Balaban J connectivity index is -0.000000597. The number of aldehydes is 1. The van der Waals surface area contributed by atoms with E-state index >= 15 is 0 Å². The second-order valence-electron chi connectivity index (χ2n) is 7.25. The minimum absolute atomic E-state index is 0.0237. The van der Waals surface area contributed by atoms with E-state index in [0.29, 0.717) is 43.3 Å². The van der Waals surface area contributed by atoms with Gasteiger partial charge in [-0.1, -0.05) is 30.3 Å². The van der Waals surface area contributed by atoms with Gasteiger partial charge in [0.2, 0.25) is 0 Å². The quantitative estimate of drug-likeness (QED) is 0.0613. The van der Waals surface area contributed by atoms with Crippen molar-refractivity contribution in [3.8, 4) is 5.75 Å². The van der Waals surface area contributed by atoms with Crippen LogP contribution in [0.5, 0.6) is 5.75 Å². The van der Waals surface area contributed by atoms with Crippen molar-refractivity contribution >= 4 is 46.7 Å². The SMILES string of the molecule is CC=O.COC(=O)COc1ccc(C(=O)c2ccccc2)cc1.COC(C)=O.COCCOCCOCC(=O)OC.[B]P.